The Morgan fingerprint density at radius 2 is 2.21 bits per heavy atom. The highest BCUT2D eigenvalue weighted by atomic mass is 35.5. The minimum absolute atomic E-state index is 0.0526. The van der Waals surface area contributed by atoms with Gasteiger partial charge in [-0.3, -0.25) is 9.69 Å². The largest absolute Gasteiger partial charge is 0.379 e. The molecule has 0 bridgehead atoms. The molecule has 1 aliphatic heterocycles. The number of carbonyl (C=O) groups excluding carboxylic acids is 1. The van der Waals surface area contributed by atoms with E-state index in [-0.39, 0.29) is 11.9 Å². The van der Waals surface area contributed by atoms with Crippen LogP contribution in [0, 0.1) is 0 Å². The number of aromatic nitrogens is 2. The molecular formula is C17H21ClN4O2. The van der Waals surface area contributed by atoms with Gasteiger partial charge >= 0.3 is 0 Å². The third kappa shape index (κ3) is 3.95. The predicted molar refractivity (Wildman–Crippen MR) is 92.1 cm³/mol. The molecule has 2 aromatic rings. The third-order valence-electron chi connectivity index (χ3n) is 4.20. The summed E-state index contributed by atoms with van der Waals surface area (Å²) in [5, 5.41) is 3.69. The van der Waals surface area contributed by atoms with Gasteiger partial charge < -0.3 is 14.6 Å². The van der Waals surface area contributed by atoms with Crippen molar-refractivity contribution in [2.24, 2.45) is 7.05 Å². The van der Waals surface area contributed by atoms with Gasteiger partial charge in [0.05, 0.1) is 19.3 Å². The Morgan fingerprint density at radius 1 is 1.42 bits per heavy atom. The molecule has 7 heteroatoms. The molecule has 2 heterocycles. The number of hydrogen-bond donors (Lipinski definition) is 1. The van der Waals surface area contributed by atoms with Crippen molar-refractivity contribution in [3.63, 3.8) is 0 Å². The van der Waals surface area contributed by atoms with Crippen molar-refractivity contribution in [3.8, 4) is 0 Å². The van der Waals surface area contributed by atoms with Crippen LogP contribution in [0.25, 0.3) is 0 Å². The zero-order valence-corrected chi connectivity index (χ0v) is 14.4. The fourth-order valence-electron chi connectivity index (χ4n) is 2.91. The molecule has 0 aliphatic carbocycles. The molecule has 128 valence electrons. The lowest BCUT2D eigenvalue weighted by Crippen LogP contribution is -2.44. The van der Waals surface area contributed by atoms with E-state index in [1.807, 2.05) is 24.3 Å². The van der Waals surface area contributed by atoms with Gasteiger partial charge in [-0.25, -0.2) is 4.98 Å². The number of carbonyl (C=O) groups is 1. The number of rotatable bonds is 5. The van der Waals surface area contributed by atoms with E-state index in [9.17, 15) is 4.79 Å². The van der Waals surface area contributed by atoms with E-state index in [1.165, 1.54) is 0 Å². The van der Waals surface area contributed by atoms with Crippen LogP contribution in [0.2, 0.25) is 5.02 Å². The summed E-state index contributed by atoms with van der Waals surface area (Å²) in [6.45, 7) is 3.55. The van der Waals surface area contributed by atoms with E-state index in [0.29, 0.717) is 30.6 Å². The number of nitrogens with one attached hydrogen (secondary N) is 1. The minimum atomic E-state index is -0.178. The van der Waals surface area contributed by atoms with E-state index in [2.05, 4.69) is 15.2 Å². The monoisotopic (exact) mass is 348 g/mol. The normalized spacial score (nSPS) is 16.8. The van der Waals surface area contributed by atoms with Crippen molar-refractivity contribution in [3.05, 3.63) is 53.1 Å². The quantitative estimate of drug-likeness (QED) is 0.896. The smallest absolute Gasteiger partial charge is 0.287 e. The second kappa shape index (κ2) is 7.79. The average molecular weight is 349 g/mol. The summed E-state index contributed by atoms with van der Waals surface area (Å²) in [4.78, 5) is 18.8. The highest BCUT2D eigenvalue weighted by Crippen LogP contribution is 2.24. The average Bonchev–Trinajstić information content (AvgIpc) is 3.02. The van der Waals surface area contributed by atoms with E-state index < -0.39 is 0 Å². The van der Waals surface area contributed by atoms with E-state index >= 15 is 0 Å². The van der Waals surface area contributed by atoms with Crippen molar-refractivity contribution < 1.29 is 9.53 Å². The molecule has 1 aromatic carbocycles. The Morgan fingerprint density at radius 3 is 2.88 bits per heavy atom. The molecule has 1 atom stereocenters. The maximum absolute atomic E-state index is 12.3. The van der Waals surface area contributed by atoms with Crippen LogP contribution < -0.4 is 5.32 Å². The van der Waals surface area contributed by atoms with Crippen molar-refractivity contribution >= 4 is 17.5 Å². The Bertz CT molecular complexity index is 697. The first-order valence-corrected chi connectivity index (χ1v) is 8.36. The molecule has 0 spiro atoms. The summed E-state index contributed by atoms with van der Waals surface area (Å²) in [5.74, 6) is 0.226. The zero-order chi connectivity index (χ0) is 16.9. The van der Waals surface area contributed by atoms with Crippen LogP contribution in [-0.4, -0.2) is 53.2 Å². The molecule has 1 saturated heterocycles. The van der Waals surface area contributed by atoms with Crippen LogP contribution in [0.4, 0.5) is 0 Å². The lowest BCUT2D eigenvalue weighted by molar-refractivity contribution is 0.0162. The molecule has 0 radical (unpaired) electrons. The van der Waals surface area contributed by atoms with Gasteiger partial charge in [-0.2, -0.15) is 0 Å². The first-order chi connectivity index (χ1) is 11.6. The number of benzene rings is 1. The maximum Gasteiger partial charge on any atom is 0.287 e. The van der Waals surface area contributed by atoms with Crippen molar-refractivity contribution in [2.75, 3.05) is 32.8 Å². The second-order valence-corrected chi connectivity index (χ2v) is 6.23. The van der Waals surface area contributed by atoms with Crippen LogP contribution in [0.5, 0.6) is 0 Å². The van der Waals surface area contributed by atoms with Gasteiger partial charge in [0.15, 0.2) is 5.82 Å². The van der Waals surface area contributed by atoms with E-state index in [1.54, 1.807) is 24.0 Å². The highest BCUT2D eigenvalue weighted by Gasteiger charge is 2.24. The first-order valence-electron chi connectivity index (χ1n) is 7.98. The molecule has 3 rings (SSSR count). The van der Waals surface area contributed by atoms with Gasteiger partial charge in [-0.05, 0) is 17.7 Å². The molecule has 1 amide bonds. The Hall–Kier alpha value is -1.89. The standard InChI is InChI=1S/C17H21ClN4O2/c1-21-6-5-19-16(21)17(23)20-12-15(22-7-9-24-10-8-22)13-3-2-4-14(18)11-13/h2-6,11,15H,7-10,12H2,1H3,(H,20,23)/t15-/m0/s1. The summed E-state index contributed by atoms with van der Waals surface area (Å²) in [6, 6.07) is 7.84. The Labute approximate surface area is 146 Å². The lowest BCUT2D eigenvalue weighted by atomic mass is 10.0. The van der Waals surface area contributed by atoms with Crippen LogP contribution in [0.15, 0.2) is 36.7 Å². The molecule has 0 saturated carbocycles. The Balaban J connectivity index is 1.74. The SMILES string of the molecule is Cn1ccnc1C(=O)NC[C@@H](c1cccc(Cl)c1)N1CCOCC1. The predicted octanol–water partition coefficient (Wildman–Crippen LogP) is 1.88. The van der Waals surface area contributed by atoms with Crippen molar-refractivity contribution in [1.29, 1.82) is 0 Å². The highest BCUT2D eigenvalue weighted by molar-refractivity contribution is 6.30. The first kappa shape index (κ1) is 17.0. The molecule has 1 N–H and O–H groups in total. The summed E-state index contributed by atoms with van der Waals surface area (Å²) < 4.78 is 7.15. The second-order valence-electron chi connectivity index (χ2n) is 5.79. The van der Waals surface area contributed by atoms with Gasteiger partial charge in [-0.1, -0.05) is 23.7 Å². The van der Waals surface area contributed by atoms with Crippen molar-refractivity contribution in [2.45, 2.75) is 6.04 Å². The molecule has 1 aliphatic rings. The van der Waals surface area contributed by atoms with E-state index in [0.717, 1.165) is 18.7 Å². The molecule has 24 heavy (non-hydrogen) atoms. The van der Waals surface area contributed by atoms with Gasteiger partial charge in [-0.15, -0.1) is 0 Å². The fraction of sp³-hybridized carbons (Fsp3) is 0.412. The number of morpholine rings is 1. The summed E-state index contributed by atoms with van der Waals surface area (Å²) in [6.07, 6.45) is 3.37. The lowest BCUT2D eigenvalue weighted by Gasteiger charge is -2.35. The number of amides is 1. The fourth-order valence-corrected chi connectivity index (χ4v) is 3.11. The van der Waals surface area contributed by atoms with Crippen LogP contribution >= 0.6 is 11.6 Å². The van der Waals surface area contributed by atoms with Crippen LogP contribution in [0.3, 0.4) is 0 Å². The van der Waals surface area contributed by atoms with E-state index in [4.69, 9.17) is 16.3 Å². The number of hydrogen-bond acceptors (Lipinski definition) is 4. The van der Waals surface area contributed by atoms with Gasteiger partial charge in [0, 0.05) is 44.1 Å². The molecule has 6 nitrogen and oxygen atoms in total. The molecule has 1 fully saturated rings. The van der Waals surface area contributed by atoms with Gasteiger partial charge in [0.2, 0.25) is 0 Å². The maximum atomic E-state index is 12.3. The van der Waals surface area contributed by atoms with Gasteiger partial charge in [0.1, 0.15) is 0 Å². The number of imidazole rings is 1. The van der Waals surface area contributed by atoms with Crippen LogP contribution in [-0.2, 0) is 11.8 Å². The number of nitrogens with zero attached hydrogens (tertiary/aromatic N) is 3. The summed E-state index contributed by atoms with van der Waals surface area (Å²) >= 11 is 6.15. The van der Waals surface area contributed by atoms with Gasteiger partial charge in [0.25, 0.3) is 5.91 Å². The van der Waals surface area contributed by atoms with Crippen molar-refractivity contribution in [1.82, 2.24) is 19.8 Å². The van der Waals surface area contributed by atoms with Crippen LogP contribution in [0.1, 0.15) is 22.2 Å². The minimum Gasteiger partial charge on any atom is -0.379 e. The number of halogens is 1. The molecule has 1 aromatic heterocycles. The molecular weight excluding hydrogens is 328 g/mol. The number of aryl methyl sites for hydroxylation is 1. The zero-order valence-electron chi connectivity index (χ0n) is 13.6. The summed E-state index contributed by atoms with van der Waals surface area (Å²) in [7, 11) is 1.80. The Kier molecular flexibility index (Phi) is 5.50. The third-order valence-corrected chi connectivity index (χ3v) is 4.44. The topological polar surface area (TPSA) is 59.4 Å². The number of ether oxygens (including phenoxy) is 1. The molecule has 0 unspecified atom stereocenters. The summed E-state index contributed by atoms with van der Waals surface area (Å²) in [5.41, 5.74) is 1.09.